The van der Waals surface area contributed by atoms with Crippen molar-refractivity contribution < 1.29 is 13.2 Å². The lowest BCUT2D eigenvalue weighted by Crippen LogP contribution is -2.17. The molecule has 2 rings (SSSR count). The second-order valence-electron chi connectivity index (χ2n) is 4.38. The topological polar surface area (TPSA) is 29.9 Å². The summed E-state index contributed by atoms with van der Waals surface area (Å²) in [6, 6.07) is 0.253. The van der Waals surface area contributed by atoms with Gasteiger partial charge in [0.2, 0.25) is 0 Å². The first-order valence-corrected chi connectivity index (χ1v) is 5.86. The third-order valence-electron chi connectivity index (χ3n) is 3.02. The van der Waals surface area contributed by atoms with Gasteiger partial charge in [0.15, 0.2) is 0 Å². The standard InChI is InChI=1S/C11H16F3N3/c12-11(13,14)4-2-6-17-8-15-7-10(17)9-3-1-5-16-9/h7-9,16H,1-6H2. The maximum absolute atomic E-state index is 12.0. The number of hydrogen-bond donors (Lipinski definition) is 1. The molecule has 1 unspecified atom stereocenters. The van der Waals surface area contributed by atoms with Gasteiger partial charge in [0.1, 0.15) is 0 Å². The number of nitrogens with one attached hydrogen (secondary N) is 1. The number of nitrogens with zero attached hydrogens (tertiary/aromatic N) is 2. The SMILES string of the molecule is FC(F)(F)CCCn1cncc1C1CCCN1. The van der Waals surface area contributed by atoms with Crippen LogP contribution in [0.4, 0.5) is 13.2 Å². The van der Waals surface area contributed by atoms with Crippen molar-refractivity contribution in [3.8, 4) is 0 Å². The average Bonchev–Trinajstić information content (AvgIpc) is 2.82. The highest BCUT2D eigenvalue weighted by Gasteiger charge is 2.26. The summed E-state index contributed by atoms with van der Waals surface area (Å²) in [4.78, 5) is 4.02. The smallest absolute Gasteiger partial charge is 0.333 e. The molecule has 96 valence electrons. The molecule has 1 aliphatic rings. The van der Waals surface area contributed by atoms with E-state index in [0.717, 1.165) is 25.1 Å². The van der Waals surface area contributed by atoms with Crippen molar-refractivity contribution in [1.82, 2.24) is 14.9 Å². The van der Waals surface area contributed by atoms with E-state index in [1.807, 2.05) is 4.57 Å². The summed E-state index contributed by atoms with van der Waals surface area (Å²) in [6.45, 7) is 1.35. The number of hydrogen-bond acceptors (Lipinski definition) is 2. The lowest BCUT2D eigenvalue weighted by Gasteiger charge is -2.14. The number of rotatable bonds is 4. The van der Waals surface area contributed by atoms with Gasteiger partial charge >= 0.3 is 6.18 Å². The second-order valence-corrected chi connectivity index (χ2v) is 4.38. The van der Waals surface area contributed by atoms with Crippen LogP contribution >= 0.6 is 0 Å². The van der Waals surface area contributed by atoms with Crippen LogP contribution in [-0.4, -0.2) is 22.3 Å². The number of alkyl halides is 3. The van der Waals surface area contributed by atoms with Crippen molar-refractivity contribution in [2.75, 3.05) is 6.54 Å². The summed E-state index contributed by atoms with van der Waals surface area (Å²) >= 11 is 0. The molecule has 1 atom stereocenters. The third kappa shape index (κ3) is 3.46. The Hall–Kier alpha value is -1.04. The molecule has 6 heteroatoms. The summed E-state index contributed by atoms with van der Waals surface area (Å²) in [6.07, 6.45) is 0.820. The number of aromatic nitrogens is 2. The van der Waals surface area contributed by atoms with E-state index in [4.69, 9.17) is 0 Å². The van der Waals surface area contributed by atoms with Gasteiger partial charge < -0.3 is 9.88 Å². The fourth-order valence-electron chi connectivity index (χ4n) is 2.19. The molecule has 0 aliphatic carbocycles. The van der Waals surface area contributed by atoms with E-state index in [9.17, 15) is 13.2 Å². The van der Waals surface area contributed by atoms with Gasteiger partial charge in [0.25, 0.3) is 0 Å². The lowest BCUT2D eigenvalue weighted by molar-refractivity contribution is -0.135. The van der Waals surface area contributed by atoms with Gasteiger partial charge in [0, 0.05) is 25.2 Å². The van der Waals surface area contributed by atoms with E-state index in [2.05, 4.69) is 10.3 Å². The summed E-state index contributed by atoms with van der Waals surface area (Å²) in [5.74, 6) is 0. The number of imidazole rings is 1. The van der Waals surface area contributed by atoms with Gasteiger partial charge in [-0.15, -0.1) is 0 Å². The highest BCUT2D eigenvalue weighted by molar-refractivity contribution is 5.07. The first-order chi connectivity index (χ1) is 8.06. The Morgan fingerprint density at radius 3 is 2.94 bits per heavy atom. The third-order valence-corrected chi connectivity index (χ3v) is 3.02. The predicted molar refractivity (Wildman–Crippen MR) is 57.5 cm³/mol. The molecule has 1 aliphatic heterocycles. The second kappa shape index (κ2) is 5.08. The maximum Gasteiger partial charge on any atom is 0.389 e. The summed E-state index contributed by atoms with van der Waals surface area (Å²) in [5, 5.41) is 3.32. The van der Waals surface area contributed by atoms with Crippen LogP contribution in [0.15, 0.2) is 12.5 Å². The fraction of sp³-hybridized carbons (Fsp3) is 0.727. The Morgan fingerprint density at radius 2 is 2.29 bits per heavy atom. The molecule has 0 amide bonds. The Morgan fingerprint density at radius 1 is 1.47 bits per heavy atom. The zero-order valence-electron chi connectivity index (χ0n) is 9.50. The first-order valence-electron chi connectivity index (χ1n) is 5.86. The molecule has 2 heterocycles. The summed E-state index contributed by atoms with van der Waals surface area (Å²) < 4.78 is 38.0. The Bertz CT molecular complexity index is 353. The monoisotopic (exact) mass is 247 g/mol. The molecule has 0 radical (unpaired) electrons. The molecule has 1 aromatic rings. The van der Waals surface area contributed by atoms with Crippen LogP contribution in [0.3, 0.4) is 0 Å². The molecule has 0 spiro atoms. The molecule has 0 aromatic carbocycles. The van der Waals surface area contributed by atoms with Gasteiger partial charge in [-0.1, -0.05) is 0 Å². The van der Waals surface area contributed by atoms with Gasteiger partial charge in [-0.25, -0.2) is 4.98 Å². The minimum absolute atomic E-state index is 0.111. The molecule has 3 nitrogen and oxygen atoms in total. The van der Waals surface area contributed by atoms with Crippen LogP contribution in [0.1, 0.15) is 37.4 Å². The van der Waals surface area contributed by atoms with E-state index < -0.39 is 12.6 Å². The normalized spacial score (nSPS) is 21.0. The van der Waals surface area contributed by atoms with Crippen molar-refractivity contribution in [3.05, 3.63) is 18.2 Å². The molecule has 0 saturated carbocycles. The van der Waals surface area contributed by atoms with Crippen molar-refractivity contribution in [2.45, 2.75) is 44.4 Å². The van der Waals surface area contributed by atoms with Crippen molar-refractivity contribution in [3.63, 3.8) is 0 Å². The van der Waals surface area contributed by atoms with E-state index in [1.165, 1.54) is 0 Å². The van der Waals surface area contributed by atoms with Crippen LogP contribution in [0.2, 0.25) is 0 Å². The highest BCUT2D eigenvalue weighted by atomic mass is 19.4. The summed E-state index contributed by atoms with van der Waals surface area (Å²) in [7, 11) is 0. The highest BCUT2D eigenvalue weighted by Crippen LogP contribution is 2.25. The molecule has 1 fully saturated rings. The maximum atomic E-state index is 12.0. The minimum atomic E-state index is -4.06. The van der Waals surface area contributed by atoms with E-state index in [-0.39, 0.29) is 12.5 Å². The van der Waals surface area contributed by atoms with E-state index in [0.29, 0.717) is 6.54 Å². The predicted octanol–water partition coefficient (Wildman–Crippen LogP) is 2.65. The van der Waals surface area contributed by atoms with Gasteiger partial charge in [-0.3, -0.25) is 0 Å². The van der Waals surface area contributed by atoms with Crippen molar-refractivity contribution in [1.29, 1.82) is 0 Å². The van der Waals surface area contributed by atoms with E-state index >= 15 is 0 Å². The van der Waals surface area contributed by atoms with Crippen LogP contribution in [0.5, 0.6) is 0 Å². The molecule has 17 heavy (non-hydrogen) atoms. The molecule has 1 saturated heterocycles. The number of aryl methyl sites for hydroxylation is 1. The summed E-state index contributed by atoms with van der Waals surface area (Å²) in [5.41, 5.74) is 1.00. The van der Waals surface area contributed by atoms with E-state index in [1.54, 1.807) is 12.5 Å². The van der Waals surface area contributed by atoms with Gasteiger partial charge in [-0.05, 0) is 25.8 Å². The van der Waals surface area contributed by atoms with Crippen molar-refractivity contribution >= 4 is 0 Å². The molecule has 1 N–H and O–H groups in total. The fourth-order valence-corrected chi connectivity index (χ4v) is 2.19. The van der Waals surface area contributed by atoms with Crippen LogP contribution < -0.4 is 5.32 Å². The van der Waals surface area contributed by atoms with Crippen LogP contribution in [0.25, 0.3) is 0 Å². The zero-order chi connectivity index (χ0) is 12.3. The average molecular weight is 247 g/mol. The van der Waals surface area contributed by atoms with Crippen LogP contribution in [0, 0.1) is 0 Å². The molecular formula is C11H16F3N3. The minimum Gasteiger partial charge on any atom is -0.333 e. The Labute approximate surface area is 98.0 Å². The lowest BCUT2D eigenvalue weighted by atomic mass is 10.1. The largest absolute Gasteiger partial charge is 0.389 e. The Kier molecular flexibility index (Phi) is 3.71. The zero-order valence-corrected chi connectivity index (χ0v) is 9.50. The quantitative estimate of drug-likeness (QED) is 0.886. The van der Waals surface area contributed by atoms with Gasteiger partial charge in [-0.2, -0.15) is 13.2 Å². The first kappa shape index (κ1) is 12.4. The van der Waals surface area contributed by atoms with Crippen molar-refractivity contribution in [2.24, 2.45) is 0 Å². The van der Waals surface area contributed by atoms with Gasteiger partial charge in [0.05, 0.1) is 12.0 Å². The molecule has 1 aromatic heterocycles. The van der Waals surface area contributed by atoms with Crippen LogP contribution in [-0.2, 0) is 6.54 Å². The molecular weight excluding hydrogens is 231 g/mol. The Balaban J connectivity index is 1.90. The molecule has 0 bridgehead atoms. The number of halogens is 3.